The summed E-state index contributed by atoms with van der Waals surface area (Å²) in [5.74, 6) is 5.08. The molecule has 16 heteroatoms. The molecule has 0 saturated heterocycles. The standard InChI is InChI=1S/C12H12N2O2.2C8H10N4.3ClH.Os/c1-15-9-3-5-13-11(7-9)12-8-10(16-2)4-6-14-12;2*1-11-5-3-9-7(11)8-10-4-6-12(8)2;;;;/h3-8H,1-2H3;2*3-6H,1-2H3;3*1H;/p-3. The maximum absolute atomic E-state index is 5.13. The average Bonchev–Trinajstić information content (AvgIpc) is 3.79. The molecular formula is C28H32Cl3N10O2Os-3. The number of halogens is 3. The van der Waals surface area contributed by atoms with Crippen LogP contribution in [0.25, 0.3) is 34.7 Å². The summed E-state index contributed by atoms with van der Waals surface area (Å²) in [6.07, 6.45) is 18.1. The third-order valence-corrected chi connectivity index (χ3v) is 5.88. The molecule has 0 amide bonds. The van der Waals surface area contributed by atoms with E-state index in [-0.39, 0.29) is 57.0 Å². The first-order valence-electron chi connectivity index (χ1n) is 12.3. The largest absolute Gasteiger partial charge is 1.00 e. The van der Waals surface area contributed by atoms with Gasteiger partial charge in [0.25, 0.3) is 0 Å². The first-order chi connectivity index (χ1) is 19.4. The van der Waals surface area contributed by atoms with Crippen LogP contribution in [0.1, 0.15) is 0 Å². The van der Waals surface area contributed by atoms with Crippen LogP contribution in [0.2, 0.25) is 0 Å². The van der Waals surface area contributed by atoms with E-state index in [1.807, 2.05) is 83.4 Å². The van der Waals surface area contributed by atoms with Crippen molar-refractivity contribution in [3.05, 3.63) is 86.2 Å². The van der Waals surface area contributed by atoms with E-state index in [2.05, 4.69) is 29.9 Å². The zero-order valence-corrected chi connectivity index (χ0v) is 29.7. The average molecular weight is 837 g/mol. The van der Waals surface area contributed by atoms with E-state index in [4.69, 9.17) is 9.47 Å². The first-order valence-corrected chi connectivity index (χ1v) is 12.3. The van der Waals surface area contributed by atoms with Crippen molar-refractivity contribution in [1.82, 2.24) is 48.2 Å². The fourth-order valence-electron chi connectivity index (χ4n) is 3.68. The molecule has 12 nitrogen and oxygen atoms in total. The minimum absolute atomic E-state index is 0. The van der Waals surface area contributed by atoms with Crippen LogP contribution >= 0.6 is 0 Å². The molecule has 0 unspecified atom stereocenters. The SMILES string of the molecule is COc1ccnc(-c2cc(OC)ccn2)c1.Cn1ccnc1-c1nccn1C.Cn1ccnc1-c1nccn1C.[Cl-].[Cl-].[Cl-].[Os]. The second-order valence-electron chi connectivity index (χ2n) is 8.61. The van der Waals surface area contributed by atoms with Crippen LogP contribution in [-0.2, 0) is 48.0 Å². The molecule has 6 aromatic rings. The van der Waals surface area contributed by atoms with Crippen molar-refractivity contribution in [2.24, 2.45) is 28.2 Å². The van der Waals surface area contributed by atoms with Gasteiger partial charge in [-0.05, 0) is 12.1 Å². The summed E-state index contributed by atoms with van der Waals surface area (Å²) in [5, 5.41) is 0. The third-order valence-electron chi connectivity index (χ3n) is 5.88. The minimum Gasteiger partial charge on any atom is -1.00 e. The van der Waals surface area contributed by atoms with Gasteiger partial charge in [-0.25, -0.2) is 19.9 Å². The number of aromatic nitrogens is 10. The van der Waals surface area contributed by atoms with Gasteiger partial charge in [-0.15, -0.1) is 0 Å². The Labute approximate surface area is 288 Å². The van der Waals surface area contributed by atoms with E-state index < -0.39 is 0 Å². The van der Waals surface area contributed by atoms with Gasteiger partial charge in [0.2, 0.25) is 0 Å². The molecule has 0 fully saturated rings. The zero-order chi connectivity index (χ0) is 28.5. The predicted molar refractivity (Wildman–Crippen MR) is 151 cm³/mol. The van der Waals surface area contributed by atoms with Gasteiger partial charge >= 0.3 is 0 Å². The topological polar surface area (TPSA) is 116 Å². The Morgan fingerprint density at radius 3 is 0.932 bits per heavy atom. The van der Waals surface area contributed by atoms with Crippen molar-refractivity contribution in [2.75, 3.05) is 14.2 Å². The van der Waals surface area contributed by atoms with E-state index >= 15 is 0 Å². The maximum Gasteiger partial charge on any atom is 0.176 e. The molecule has 0 aromatic carbocycles. The van der Waals surface area contributed by atoms with Crippen molar-refractivity contribution in [1.29, 1.82) is 0 Å². The molecular weight excluding hydrogens is 805 g/mol. The number of ether oxygens (including phenoxy) is 2. The van der Waals surface area contributed by atoms with Gasteiger partial charge < -0.3 is 65.0 Å². The summed E-state index contributed by atoms with van der Waals surface area (Å²) in [7, 11) is 11.1. The molecule has 6 rings (SSSR count). The Hall–Kier alpha value is -3.75. The Kier molecular flexibility index (Phi) is 17.8. The molecule has 238 valence electrons. The van der Waals surface area contributed by atoms with Crippen LogP contribution in [0.5, 0.6) is 11.5 Å². The molecule has 6 heterocycles. The molecule has 6 aromatic heterocycles. The summed E-state index contributed by atoms with van der Waals surface area (Å²) < 4.78 is 18.1. The maximum atomic E-state index is 5.13. The quantitative estimate of drug-likeness (QED) is 0.170. The van der Waals surface area contributed by atoms with Gasteiger partial charge in [0.05, 0.1) is 25.6 Å². The first kappa shape index (κ1) is 40.2. The summed E-state index contributed by atoms with van der Waals surface area (Å²) in [6, 6.07) is 7.26. The number of aryl methyl sites for hydroxylation is 4. The van der Waals surface area contributed by atoms with E-state index in [1.165, 1.54) is 0 Å². The fraction of sp³-hybridized carbons (Fsp3) is 0.214. The Morgan fingerprint density at radius 1 is 0.455 bits per heavy atom. The number of hydrogen-bond donors (Lipinski definition) is 0. The number of methoxy groups -OCH3 is 2. The summed E-state index contributed by atoms with van der Waals surface area (Å²) in [5.41, 5.74) is 1.52. The molecule has 0 N–H and O–H groups in total. The number of nitrogens with zero attached hydrogens (tertiary/aromatic N) is 10. The van der Waals surface area contributed by atoms with Crippen molar-refractivity contribution in [3.63, 3.8) is 0 Å². The Bertz CT molecular complexity index is 1470. The zero-order valence-electron chi connectivity index (χ0n) is 24.9. The van der Waals surface area contributed by atoms with Crippen molar-refractivity contribution < 1.29 is 66.5 Å². The Morgan fingerprint density at radius 2 is 0.727 bits per heavy atom. The molecule has 0 atom stereocenters. The van der Waals surface area contributed by atoms with E-state index in [9.17, 15) is 0 Å². The van der Waals surface area contributed by atoms with Crippen molar-refractivity contribution >= 4 is 0 Å². The molecule has 0 aliphatic carbocycles. The van der Waals surface area contributed by atoms with Crippen LogP contribution in [0.15, 0.2) is 86.2 Å². The molecule has 0 spiro atoms. The third kappa shape index (κ3) is 10.2. The van der Waals surface area contributed by atoms with Gasteiger partial charge in [-0.3, -0.25) is 9.97 Å². The van der Waals surface area contributed by atoms with Crippen molar-refractivity contribution in [2.45, 2.75) is 0 Å². The second kappa shape index (κ2) is 19.5. The normalized spacial score (nSPS) is 9.32. The van der Waals surface area contributed by atoms with Crippen LogP contribution < -0.4 is 46.7 Å². The molecule has 44 heavy (non-hydrogen) atoms. The molecule has 0 radical (unpaired) electrons. The predicted octanol–water partition coefficient (Wildman–Crippen LogP) is -5.19. The van der Waals surface area contributed by atoms with Crippen LogP contribution in [0.4, 0.5) is 0 Å². The number of rotatable bonds is 5. The smallest absolute Gasteiger partial charge is 0.176 e. The van der Waals surface area contributed by atoms with Crippen LogP contribution in [-0.4, -0.2) is 62.4 Å². The van der Waals surface area contributed by atoms with E-state index in [0.717, 1.165) is 46.2 Å². The van der Waals surface area contributed by atoms with Gasteiger partial charge in [0.15, 0.2) is 23.3 Å². The Balaban J connectivity index is 0.000000610. The summed E-state index contributed by atoms with van der Waals surface area (Å²) in [4.78, 5) is 25.3. The molecule has 0 aliphatic rings. The van der Waals surface area contributed by atoms with E-state index in [1.54, 1.807) is 63.5 Å². The van der Waals surface area contributed by atoms with Gasteiger partial charge in [0.1, 0.15) is 11.5 Å². The number of hydrogen-bond acceptors (Lipinski definition) is 8. The minimum atomic E-state index is 0. The van der Waals surface area contributed by atoms with Crippen molar-refractivity contribution in [3.8, 4) is 46.2 Å². The van der Waals surface area contributed by atoms with Gasteiger partial charge in [0, 0.05) is 122 Å². The number of imidazole rings is 4. The van der Waals surface area contributed by atoms with Crippen LogP contribution in [0.3, 0.4) is 0 Å². The molecule has 0 aliphatic heterocycles. The second-order valence-corrected chi connectivity index (χ2v) is 8.61. The summed E-state index contributed by atoms with van der Waals surface area (Å²) in [6.45, 7) is 0. The fourth-order valence-corrected chi connectivity index (χ4v) is 3.68. The van der Waals surface area contributed by atoms with Gasteiger partial charge in [-0.2, -0.15) is 0 Å². The van der Waals surface area contributed by atoms with Crippen LogP contribution in [0, 0.1) is 0 Å². The summed E-state index contributed by atoms with van der Waals surface area (Å²) >= 11 is 0. The monoisotopic (exact) mass is 837 g/mol. The number of pyridine rings is 2. The molecule has 0 saturated carbocycles. The van der Waals surface area contributed by atoms with E-state index in [0.29, 0.717) is 0 Å². The van der Waals surface area contributed by atoms with Gasteiger partial charge in [-0.1, -0.05) is 0 Å². The molecule has 0 bridgehead atoms.